The minimum Gasteiger partial charge on any atom is -0.455 e. The fraction of sp³-hybridized carbons (Fsp3) is 0.321. The van der Waals surface area contributed by atoms with Gasteiger partial charge in [-0.2, -0.15) is 18.3 Å². The lowest BCUT2D eigenvalue weighted by Crippen LogP contribution is -2.46. The predicted molar refractivity (Wildman–Crippen MR) is 137 cm³/mol. The first kappa shape index (κ1) is 29.1. The number of esters is 1. The van der Waals surface area contributed by atoms with E-state index in [0.29, 0.717) is 11.1 Å². The topological polar surface area (TPSA) is 94.5 Å². The molecule has 0 bridgehead atoms. The van der Waals surface area contributed by atoms with Crippen LogP contribution in [0.25, 0.3) is 5.65 Å². The largest absolute Gasteiger partial charge is 0.455 e. The summed E-state index contributed by atoms with van der Waals surface area (Å²) in [7, 11) is 0. The molecule has 2 aromatic carbocycles. The van der Waals surface area contributed by atoms with Gasteiger partial charge in [-0.15, -0.1) is 0 Å². The maximum atomic E-state index is 13.7. The third kappa shape index (κ3) is 7.19. The first-order valence-electron chi connectivity index (χ1n) is 12.6. The van der Waals surface area contributed by atoms with E-state index in [9.17, 15) is 26.7 Å². The smallest absolute Gasteiger partial charge is 0.433 e. The van der Waals surface area contributed by atoms with Crippen LogP contribution in [0.15, 0.2) is 54.6 Å². The Morgan fingerprint density at radius 1 is 1.05 bits per heavy atom. The molecule has 0 spiro atoms. The van der Waals surface area contributed by atoms with Crippen molar-refractivity contribution in [2.24, 2.45) is 5.73 Å². The third-order valence-corrected chi connectivity index (χ3v) is 6.26. The van der Waals surface area contributed by atoms with Crippen LogP contribution in [0.5, 0.6) is 0 Å². The number of nitrogens with two attached hydrogens (primary N) is 1. The molecule has 0 saturated carbocycles. The quantitative estimate of drug-likeness (QED) is 0.214. The highest BCUT2D eigenvalue weighted by Gasteiger charge is 2.35. The Labute approximate surface area is 227 Å². The molecule has 7 nitrogen and oxygen atoms in total. The number of aromatic nitrogens is 3. The number of carbonyl (C=O) groups is 1. The van der Waals surface area contributed by atoms with Gasteiger partial charge in [-0.25, -0.2) is 23.1 Å². The Kier molecular flexibility index (Phi) is 8.79. The average Bonchev–Trinajstić information content (AvgIpc) is 3.30. The van der Waals surface area contributed by atoms with E-state index in [4.69, 9.17) is 10.5 Å². The second-order valence-electron chi connectivity index (χ2n) is 9.47. The van der Waals surface area contributed by atoms with Crippen molar-refractivity contribution in [1.29, 1.82) is 0 Å². The second-order valence-corrected chi connectivity index (χ2v) is 9.47. The van der Waals surface area contributed by atoms with Gasteiger partial charge in [-0.1, -0.05) is 31.2 Å². The number of carbonyl (C=O) groups excluding carboxylic acids is 1. The molecule has 212 valence electrons. The number of ether oxygens (including phenoxy) is 1. The number of benzene rings is 2. The average molecular weight is 562 g/mol. The van der Waals surface area contributed by atoms with Gasteiger partial charge in [-0.3, -0.25) is 0 Å². The molecule has 0 radical (unpaired) electrons. The molecule has 0 fully saturated rings. The minimum absolute atomic E-state index is 0.0379. The Balaban J connectivity index is 1.56. The summed E-state index contributed by atoms with van der Waals surface area (Å²) in [6.45, 7) is 3.89. The monoisotopic (exact) mass is 561 g/mol. The van der Waals surface area contributed by atoms with Crippen LogP contribution in [0, 0.1) is 18.6 Å². The molecule has 2 heterocycles. The molecule has 0 amide bonds. The fourth-order valence-electron chi connectivity index (χ4n) is 4.33. The second kappa shape index (κ2) is 12.1. The lowest BCUT2D eigenvalue weighted by molar-refractivity contribution is -0.142. The van der Waals surface area contributed by atoms with Gasteiger partial charge < -0.3 is 15.8 Å². The molecule has 4 rings (SSSR count). The normalized spacial score (nSPS) is 13.4. The molecule has 0 aliphatic carbocycles. The predicted octanol–water partition coefficient (Wildman–Crippen LogP) is 4.78. The first-order valence-corrected chi connectivity index (χ1v) is 12.6. The number of rotatable bonds is 10. The van der Waals surface area contributed by atoms with Crippen molar-refractivity contribution in [2.45, 2.75) is 51.6 Å². The van der Waals surface area contributed by atoms with E-state index in [1.165, 1.54) is 6.92 Å². The standard InChI is InChI=1S/C28H28F5N5O2/c1-3-17-5-4-6-18(8-17)14-35-15-24(22(34)11-19-9-20(29)12-21(30)10-19)40-27(39)23-13-26-36-16(2)7-25(28(31,32)33)38(26)37-23/h4-10,12-13,22,24,35H,3,11,14-15,34H2,1-2H3. The van der Waals surface area contributed by atoms with Gasteiger partial charge in [0.1, 0.15) is 23.4 Å². The summed E-state index contributed by atoms with van der Waals surface area (Å²) in [6, 6.07) is 11.8. The zero-order chi connectivity index (χ0) is 29.0. The van der Waals surface area contributed by atoms with E-state index in [-0.39, 0.29) is 29.9 Å². The number of fused-ring (bicyclic) bond motifs is 1. The SMILES string of the molecule is CCc1cccc(CNCC(OC(=O)c2cc3nc(C)cc(C(F)(F)F)n3n2)C(N)Cc2cc(F)cc(F)c2)c1. The van der Waals surface area contributed by atoms with Crippen LogP contribution < -0.4 is 11.1 Å². The minimum atomic E-state index is -4.73. The molecule has 2 aromatic heterocycles. The number of nitrogens with zero attached hydrogens (tertiary/aromatic N) is 3. The Bertz CT molecular complexity index is 1480. The summed E-state index contributed by atoms with van der Waals surface area (Å²) in [5.74, 6) is -2.58. The van der Waals surface area contributed by atoms with E-state index in [1.807, 2.05) is 31.2 Å². The maximum absolute atomic E-state index is 13.7. The van der Waals surface area contributed by atoms with Gasteiger partial charge in [0.25, 0.3) is 0 Å². The molecule has 4 aromatic rings. The van der Waals surface area contributed by atoms with Crippen molar-refractivity contribution < 1.29 is 31.5 Å². The summed E-state index contributed by atoms with van der Waals surface area (Å²) < 4.78 is 74.2. The number of nitrogens with one attached hydrogen (secondary N) is 1. The van der Waals surface area contributed by atoms with E-state index < -0.39 is 47.3 Å². The highest BCUT2D eigenvalue weighted by molar-refractivity contribution is 5.88. The van der Waals surface area contributed by atoms with E-state index in [1.54, 1.807) is 0 Å². The van der Waals surface area contributed by atoms with Gasteiger partial charge in [0.05, 0.1) is 0 Å². The van der Waals surface area contributed by atoms with Crippen molar-refractivity contribution in [2.75, 3.05) is 6.54 Å². The Morgan fingerprint density at radius 2 is 1.75 bits per heavy atom. The van der Waals surface area contributed by atoms with E-state index in [2.05, 4.69) is 15.4 Å². The molecular weight excluding hydrogens is 533 g/mol. The Morgan fingerprint density at radius 3 is 2.42 bits per heavy atom. The molecule has 3 N–H and O–H groups in total. The molecule has 2 unspecified atom stereocenters. The van der Waals surface area contributed by atoms with Crippen molar-refractivity contribution in [3.05, 3.63) is 100 Å². The zero-order valence-electron chi connectivity index (χ0n) is 21.8. The highest BCUT2D eigenvalue weighted by Crippen LogP contribution is 2.30. The van der Waals surface area contributed by atoms with Crippen LogP contribution in [0.3, 0.4) is 0 Å². The fourth-order valence-corrected chi connectivity index (χ4v) is 4.33. The molecule has 2 atom stereocenters. The summed E-state index contributed by atoms with van der Waals surface area (Å²) in [5.41, 5.74) is 7.13. The van der Waals surface area contributed by atoms with Crippen LogP contribution in [-0.4, -0.2) is 39.3 Å². The summed E-state index contributed by atoms with van der Waals surface area (Å²) in [5, 5.41) is 6.96. The Hall–Kier alpha value is -3.90. The van der Waals surface area contributed by atoms with E-state index in [0.717, 1.165) is 47.9 Å². The van der Waals surface area contributed by atoms with Gasteiger partial charge in [0.2, 0.25) is 0 Å². The molecule has 0 aliphatic heterocycles. The van der Waals surface area contributed by atoms with Crippen molar-refractivity contribution in [3.8, 4) is 0 Å². The lowest BCUT2D eigenvalue weighted by Gasteiger charge is -2.24. The number of halogens is 5. The van der Waals surface area contributed by atoms with Gasteiger partial charge >= 0.3 is 12.1 Å². The van der Waals surface area contributed by atoms with Crippen molar-refractivity contribution in [1.82, 2.24) is 19.9 Å². The number of aryl methyl sites for hydroxylation is 2. The number of hydrogen-bond acceptors (Lipinski definition) is 6. The summed E-state index contributed by atoms with van der Waals surface area (Å²) >= 11 is 0. The van der Waals surface area contributed by atoms with Crippen LogP contribution >= 0.6 is 0 Å². The summed E-state index contributed by atoms with van der Waals surface area (Å²) in [6.07, 6.45) is -4.94. The number of alkyl halides is 3. The van der Waals surface area contributed by atoms with Crippen molar-refractivity contribution >= 4 is 11.6 Å². The lowest BCUT2D eigenvalue weighted by atomic mass is 10.0. The van der Waals surface area contributed by atoms with Gasteiger partial charge in [-0.05, 0) is 54.7 Å². The van der Waals surface area contributed by atoms with Gasteiger partial charge in [0, 0.05) is 37.0 Å². The third-order valence-electron chi connectivity index (χ3n) is 6.26. The first-order chi connectivity index (χ1) is 18.9. The van der Waals surface area contributed by atoms with Crippen LogP contribution in [0.1, 0.15) is 45.5 Å². The van der Waals surface area contributed by atoms with Gasteiger partial charge in [0.15, 0.2) is 11.3 Å². The van der Waals surface area contributed by atoms with Crippen LogP contribution in [0.4, 0.5) is 22.0 Å². The molecule has 0 saturated heterocycles. The highest BCUT2D eigenvalue weighted by atomic mass is 19.4. The maximum Gasteiger partial charge on any atom is 0.433 e. The molecular formula is C28H28F5N5O2. The van der Waals surface area contributed by atoms with E-state index >= 15 is 0 Å². The van der Waals surface area contributed by atoms with Crippen LogP contribution in [-0.2, 0) is 30.3 Å². The molecule has 40 heavy (non-hydrogen) atoms. The molecule has 0 aliphatic rings. The molecule has 12 heteroatoms. The number of hydrogen-bond donors (Lipinski definition) is 2. The van der Waals surface area contributed by atoms with Crippen molar-refractivity contribution in [3.63, 3.8) is 0 Å². The summed E-state index contributed by atoms with van der Waals surface area (Å²) in [4.78, 5) is 17.1. The zero-order valence-corrected chi connectivity index (χ0v) is 21.8. The van der Waals surface area contributed by atoms with Crippen LogP contribution in [0.2, 0.25) is 0 Å².